The molecule has 3 aliphatic rings. The number of amides is 1. The predicted octanol–water partition coefficient (Wildman–Crippen LogP) is 1.87. The maximum absolute atomic E-state index is 12.1. The Kier molecular flexibility index (Phi) is 2.88. The molecule has 1 saturated carbocycles. The molecule has 2 aliphatic heterocycles. The second-order valence-corrected chi connectivity index (χ2v) is 6.50. The maximum Gasteiger partial charge on any atom is 0.225 e. The lowest BCUT2D eigenvalue weighted by atomic mass is 9.84. The molecule has 0 aromatic heterocycles. The molecule has 2 heterocycles. The Morgan fingerprint density at radius 2 is 2.06 bits per heavy atom. The van der Waals surface area contributed by atoms with Gasteiger partial charge in [-0.05, 0) is 12.8 Å². The van der Waals surface area contributed by atoms with Crippen molar-refractivity contribution in [2.45, 2.75) is 37.0 Å². The number of likely N-dealkylation sites (tertiary alicyclic amines) is 1. The second-order valence-electron chi connectivity index (χ2n) is 5.06. The lowest BCUT2D eigenvalue weighted by Crippen LogP contribution is -2.48. The third-order valence-electron chi connectivity index (χ3n) is 4.10. The first-order valence-corrected chi connectivity index (χ1v) is 7.34. The highest BCUT2D eigenvalue weighted by atomic mass is 32.2. The third-order valence-corrected chi connectivity index (χ3v) is 5.53. The minimum absolute atomic E-state index is 0.0659. The minimum atomic E-state index is 0.0659. The van der Waals surface area contributed by atoms with E-state index < -0.39 is 0 Å². The third kappa shape index (κ3) is 1.86. The van der Waals surface area contributed by atoms with Gasteiger partial charge in [-0.1, -0.05) is 6.42 Å². The van der Waals surface area contributed by atoms with Crippen LogP contribution >= 0.6 is 11.8 Å². The summed E-state index contributed by atoms with van der Waals surface area (Å²) in [6.45, 7) is 2.70. The van der Waals surface area contributed by atoms with Crippen LogP contribution in [0.25, 0.3) is 0 Å². The molecular formula is C12H19NO2S. The van der Waals surface area contributed by atoms with E-state index in [1.54, 1.807) is 0 Å². The fourth-order valence-corrected chi connectivity index (χ4v) is 3.94. The number of carbonyl (C=O) groups is 1. The molecule has 3 nitrogen and oxygen atoms in total. The first kappa shape index (κ1) is 10.9. The van der Waals surface area contributed by atoms with Crippen molar-refractivity contribution in [1.29, 1.82) is 0 Å². The van der Waals surface area contributed by atoms with Crippen LogP contribution in [0.15, 0.2) is 0 Å². The van der Waals surface area contributed by atoms with E-state index in [4.69, 9.17) is 4.74 Å². The number of hydrogen-bond donors (Lipinski definition) is 0. The Hall–Kier alpha value is -0.220. The van der Waals surface area contributed by atoms with Gasteiger partial charge in [-0.25, -0.2) is 0 Å². The van der Waals surface area contributed by atoms with E-state index in [0.717, 1.165) is 51.1 Å². The molecular weight excluding hydrogens is 222 g/mol. The van der Waals surface area contributed by atoms with E-state index in [2.05, 4.69) is 4.90 Å². The van der Waals surface area contributed by atoms with Crippen LogP contribution in [0.1, 0.15) is 32.1 Å². The van der Waals surface area contributed by atoms with Crippen molar-refractivity contribution in [3.05, 3.63) is 0 Å². The van der Waals surface area contributed by atoms with Gasteiger partial charge in [-0.3, -0.25) is 4.79 Å². The molecule has 0 atom stereocenters. The largest absolute Gasteiger partial charge is 0.363 e. The Morgan fingerprint density at radius 1 is 1.31 bits per heavy atom. The number of carbonyl (C=O) groups excluding carboxylic acids is 1. The first-order valence-electron chi connectivity index (χ1n) is 6.36. The van der Waals surface area contributed by atoms with Crippen molar-refractivity contribution in [1.82, 2.24) is 4.90 Å². The van der Waals surface area contributed by atoms with Crippen molar-refractivity contribution in [3.8, 4) is 0 Å². The molecule has 1 spiro atoms. The highest BCUT2D eigenvalue weighted by Crippen LogP contribution is 2.42. The van der Waals surface area contributed by atoms with Gasteiger partial charge in [0.15, 0.2) is 0 Å². The topological polar surface area (TPSA) is 29.5 Å². The number of hydrogen-bond acceptors (Lipinski definition) is 3. The Morgan fingerprint density at radius 3 is 2.56 bits per heavy atom. The lowest BCUT2D eigenvalue weighted by molar-refractivity contribution is -0.141. The summed E-state index contributed by atoms with van der Waals surface area (Å²) in [6, 6.07) is 0. The highest BCUT2D eigenvalue weighted by Gasteiger charge is 2.41. The van der Waals surface area contributed by atoms with Crippen molar-refractivity contribution >= 4 is 17.7 Å². The van der Waals surface area contributed by atoms with Crippen LogP contribution in [0.5, 0.6) is 0 Å². The molecule has 0 bridgehead atoms. The van der Waals surface area contributed by atoms with E-state index >= 15 is 0 Å². The van der Waals surface area contributed by atoms with Gasteiger partial charge in [0, 0.05) is 37.6 Å². The minimum Gasteiger partial charge on any atom is -0.363 e. The number of piperidine rings is 1. The summed E-state index contributed by atoms with van der Waals surface area (Å²) in [5, 5.41) is 0. The Bertz CT molecular complexity index is 275. The molecule has 3 fully saturated rings. The fourth-order valence-electron chi connectivity index (χ4n) is 2.77. The monoisotopic (exact) mass is 241 g/mol. The number of nitrogens with zero attached hydrogens (tertiary/aromatic N) is 1. The standard InChI is InChI=1S/C12H19NO2S/c14-11(10-2-1-3-10)13-6-4-12(5-7-13)15-8-9-16-12/h10H,1-9H2. The van der Waals surface area contributed by atoms with Gasteiger partial charge in [-0.15, -0.1) is 11.8 Å². The maximum atomic E-state index is 12.1. The van der Waals surface area contributed by atoms with Gasteiger partial charge in [-0.2, -0.15) is 0 Å². The van der Waals surface area contributed by atoms with Crippen LogP contribution in [0.2, 0.25) is 0 Å². The smallest absolute Gasteiger partial charge is 0.225 e. The van der Waals surface area contributed by atoms with Crippen LogP contribution in [-0.2, 0) is 9.53 Å². The van der Waals surface area contributed by atoms with E-state index in [9.17, 15) is 4.79 Å². The summed E-state index contributed by atoms with van der Waals surface area (Å²) in [5.74, 6) is 1.88. The zero-order valence-electron chi connectivity index (χ0n) is 9.61. The molecule has 1 amide bonds. The fraction of sp³-hybridized carbons (Fsp3) is 0.917. The van der Waals surface area contributed by atoms with Crippen molar-refractivity contribution in [3.63, 3.8) is 0 Å². The first-order chi connectivity index (χ1) is 7.79. The van der Waals surface area contributed by atoms with Gasteiger partial charge < -0.3 is 9.64 Å². The zero-order valence-corrected chi connectivity index (χ0v) is 10.4. The summed E-state index contributed by atoms with van der Waals surface area (Å²) in [5.41, 5.74) is 0. The van der Waals surface area contributed by atoms with E-state index in [1.807, 2.05) is 11.8 Å². The van der Waals surface area contributed by atoms with Crippen LogP contribution in [0.4, 0.5) is 0 Å². The van der Waals surface area contributed by atoms with Gasteiger partial charge in [0.05, 0.1) is 6.61 Å². The zero-order chi connectivity index (χ0) is 11.0. The Balaban J connectivity index is 1.55. The quantitative estimate of drug-likeness (QED) is 0.702. The molecule has 0 unspecified atom stereocenters. The molecule has 0 N–H and O–H groups in total. The van der Waals surface area contributed by atoms with E-state index in [-0.39, 0.29) is 4.93 Å². The Labute approximate surface area is 101 Å². The SMILES string of the molecule is O=C(C1CCC1)N1CCC2(CC1)OCCS2. The highest BCUT2D eigenvalue weighted by molar-refractivity contribution is 8.00. The molecule has 16 heavy (non-hydrogen) atoms. The molecule has 3 rings (SSSR count). The normalized spacial score (nSPS) is 29.4. The molecule has 4 heteroatoms. The van der Waals surface area contributed by atoms with Crippen LogP contribution in [0, 0.1) is 5.92 Å². The molecule has 1 aliphatic carbocycles. The van der Waals surface area contributed by atoms with Crippen LogP contribution in [0.3, 0.4) is 0 Å². The number of thioether (sulfide) groups is 1. The van der Waals surface area contributed by atoms with Crippen molar-refractivity contribution in [2.75, 3.05) is 25.4 Å². The molecule has 90 valence electrons. The van der Waals surface area contributed by atoms with Gasteiger partial charge in [0.1, 0.15) is 4.93 Å². The summed E-state index contributed by atoms with van der Waals surface area (Å²) in [4.78, 5) is 14.2. The second kappa shape index (κ2) is 4.22. The predicted molar refractivity (Wildman–Crippen MR) is 64.3 cm³/mol. The molecule has 0 aromatic carbocycles. The van der Waals surface area contributed by atoms with Crippen LogP contribution in [-0.4, -0.2) is 41.2 Å². The average molecular weight is 241 g/mol. The molecule has 0 radical (unpaired) electrons. The van der Waals surface area contributed by atoms with Gasteiger partial charge >= 0.3 is 0 Å². The van der Waals surface area contributed by atoms with Crippen molar-refractivity contribution in [2.24, 2.45) is 5.92 Å². The van der Waals surface area contributed by atoms with E-state index in [0.29, 0.717) is 11.8 Å². The average Bonchev–Trinajstić information content (AvgIpc) is 2.65. The number of ether oxygens (including phenoxy) is 1. The van der Waals surface area contributed by atoms with Gasteiger partial charge in [0.25, 0.3) is 0 Å². The lowest BCUT2D eigenvalue weighted by Gasteiger charge is -2.40. The van der Waals surface area contributed by atoms with E-state index in [1.165, 1.54) is 6.42 Å². The summed E-state index contributed by atoms with van der Waals surface area (Å²) < 4.78 is 5.84. The molecule has 2 saturated heterocycles. The molecule has 0 aromatic rings. The summed E-state index contributed by atoms with van der Waals surface area (Å²) >= 11 is 1.95. The van der Waals surface area contributed by atoms with Gasteiger partial charge in [0.2, 0.25) is 5.91 Å². The van der Waals surface area contributed by atoms with Crippen LogP contribution < -0.4 is 0 Å². The summed E-state index contributed by atoms with van der Waals surface area (Å²) in [6.07, 6.45) is 5.52. The van der Waals surface area contributed by atoms with Crippen molar-refractivity contribution < 1.29 is 9.53 Å². The number of rotatable bonds is 1. The summed E-state index contributed by atoms with van der Waals surface area (Å²) in [7, 11) is 0.